The van der Waals surface area contributed by atoms with E-state index in [0.717, 1.165) is 18.6 Å². The molecule has 0 spiro atoms. The summed E-state index contributed by atoms with van der Waals surface area (Å²) in [6.45, 7) is 2.09. The molecule has 0 aromatic heterocycles. The number of aliphatic hydroxyl groups is 1. The normalized spacial score (nSPS) is 15.9. The minimum Gasteiger partial charge on any atom is -0.491 e. The second kappa shape index (κ2) is 4.49. The molecule has 0 radical (unpaired) electrons. The van der Waals surface area contributed by atoms with Gasteiger partial charge in [-0.2, -0.15) is 0 Å². The van der Waals surface area contributed by atoms with Gasteiger partial charge in [0.25, 0.3) is 0 Å². The summed E-state index contributed by atoms with van der Waals surface area (Å²) in [6, 6.07) is 6.11. The van der Waals surface area contributed by atoms with Crippen molar-refractivity contribution in [3.05, 3.63) is 41.5 Å². The highest BCUT2D eigenvalue weighted by molar-refractivity contribution is 5.44. The molecule has 1 aromatic carbocycles. The van der Waals surface area contributed by atoms with Crippen molar-refractivity contribution in [3.8, 4) is 5.75 Å². The Hall–Kier alpha value is -1.28. The molecule has 1 aromatic rings. The summed E-state index contributed by atoms with van der Waals surface area (Å²) in [4.78, 5) is 0. The quantitative estimate of drug-likeness (QED) is 0.764. The minimum absolute atomic E-state index is 0.361. The minimum atomic E-state index is -0.417. The molecule has 1 aliphatic carbocycles. The predicted octanol–water partition coefficient (Wildman–Crippen LogP) is 2.10. The van der Waals surface area contributed by atoms with E-state index in [1.54, 1.807) is 6.92 Å². The van der Waals surface area contributed by atoms with E-state index in [2.05, 4.69) is 18.2 Å². The van der Waals surface area contributed by atoms with Gasteiger partial charge in [0.2, 0.25) is 0 Å². The molecule has 0 amide bonds. The Balaban J connectivity index is 2.18. The van der Waals surface area contributed by atoms with E-state index in [1.807, 2.05) is 12.1 Å². The zero-order chi connectivity index (χ0) is 10.7. The molecule has 0 bridgehead atoms. The van der Waals surface area contributed by atoms with Crippen molar-refractivity contribution in [1.82, 2.24) is 0 Å². The molecule has 1 N–H and O–H groups in total. The van der Waals surface area contributed by atoms with Crippen molar-refractivity contribution in [1.29, 1.82) is 0 Å². The van der Waals surface area contributed by atoms with E-state index in [9.17, 15) is 5.11 Å². The Morgan fingerprint density at radius 1 is 1.33 bits per heavy atom. The summed E-state index contributed by atoms with van der Waals surface area (Å²) in [5.41, 5.74) is 2.60. The van der Waals surface area contributed by atoms with Crippen molar-refractivity contribution in [2.24, 2.45) is 0 Å². The molecular weight excluding hydrogens is 188 g/mol. The monoisotopic (exact) mass is 204 g/mol. The van der Waals surface area contributed by atoms with E-state index in [1.165, 1.54) is 11.1 Å². The standard InChI is InChI=1S/C13H16O2/c1-10(14)9-15-13-8-4-6-11-5-2-3-7-12(11)13/h2-4,6,8,10,14H,5,7,9H2,1H3. The molecule has 1 aliphatic rings. The molecule has 0 saturated carbocycles. The fourth-order valence-corrected chi connectivity index (χ4v) is 1.79. The zero-order valence-electron chi connectivity index (χ0n) is 8.94. The SMILES string of the molecule is CC(O)COc1cccc2c1CC=CC2. The Bertz CT molecular complexity index is 367. The maximum absolute atomic E-state index is 9.18. The van der Waals surface area contributed by atoms with Crippen LogP contribution in [0.5, 0.6) is 5.75 Å². The highest BCUT2D eigenvalue weighted by atomic mass is 16.5. The van der Waals surface area contributed by atoms with Gasteiger partial charge in [-0.15, -0.1) is 0 Å². The van der Waals surface area contributed by atoms with Crippen LogP contribution in [0, 0.1) is 0 Å². The lowest BCUT2D eigenvalue weighted by Crippen LogP contribution is -2.14. The van der Waals surface area contributed by atoms with Crippen LogP contribution in [0.2, 0.25) is 0 Å². The Kier molecular flexibility index (Phi) is 3.07. The predicted molar refractivity (Wildman–Crippen MR) is 60.2 cm³/mol. The molecule has 15 heavy (non-hydrogen) atoms. The Morgan fingerprint density at radius 3 is 2.93 bits per heavy atom. The molecule has 0 fully saturated rings. The molecule has 0 saturated heterocycles. The molecule has 2 nitrogen and oxygen atoms in total. The van der Waals surface area contributed by atoms with Gasteiger partial charge in [-0.25, -0.2) is 0 Å². The number of hydrogen-bond donors (Lipinski definition) is 1. The molecule has 80 valence electrons. The summed E-state index contributed by atoms with van der Waals surface area (Å²) >= 11 is 0. The van der Waals surface area contributed by atoms with Gasteiger partial charge < -0.3 is 9.84 Å². The molecular formula is C13H16O2. The first-order valence-electron chi connectivity index (χ1n) is 5.34. The van der Waals surface area contributed by atoms with Crippen LogP contribution in [0.4, 0.5) is 0 Å². The Labute approximate surface area is 90.2 Å². The van der Waals surface area contributed by atoms with E-state index >= 15 is 0 Å². The van der Waals surface area contributed by atoms with Crippen LogP contribution < -0.4 is 4.74 Å². The number of allylic oxidation sites excluding steroid dienone is 2. The number of aliphatic hydroxyl groups excluding tert-OH is 1. The maximum Gasteiger partial charge on any atom is 0.123 e. The number of benzene rings is 1. The topological polar surface area (TPSA) is 29.5 Å². The van der Waals surface area contributed by atoms with Gasteiger partial charge in [0, 0.05) is 5.56 Å². The molecule has 1 atom stereocenters. The van der Waals surface area contributed by atoms with Crippen molar-refractivity contribution < 1.29 is 9.84 Å². The third kappa shape index (κ3) is 2.39. The summed E-state index contributed by atoms with van der Waals surface area (Å²) in [5.74, 6) is 0.915. The summed E-state index contributed by atoms with van der Waals surface area (Å²) in [6.07, 6.45) is 5.85. The molecule has 1 unspecified atom stereocenters. The van der Waals surface area contributed by atoms with Crippen LogP contribution in [0.15, 0.2) is 30.4 Å². The Morgan fingerprint density at radius 2 is 2.13 bits per heavy atom. The van der Waals surface area contributed by atoms with Gasteiger partial charge >= 0.3 is 0 Å². The smallest absolute Gasteiger partial charge is 0.123 e. The van der Waals surface area contributed by atoms with Crippen molar-refractivity contribution in [2.75, 3.05) is 6.61 Å². The first-order valence-corrected chi connectivity index (χ1v) is 5.34. The van der Waals surface area contributed by atoms with Gasteiger partial charge in [0.15, 0.2) is 0 Å². The van der Waals surface area contributed by atoms with Gasteiger partial charge in [-0.05, 0) is 31.4 Å². The van der Waals surface area contributed by atoms with Gasteiger partial charge in [-0.1, -0.05) is 24.3 Å². The fraction of sp³-hybridized carbons (Fsp3) is 0.385. The number of fused-ring (bicyclic) bond motifs is 1. The summed E-state index contributed by atoms with van der Waals surface area (Å²) < 4.78 is 5.58. The first kappa shape index (κ1) is 10.2. The molecule has 2 heteroatoms. The largest absolute Gasteiger partial charge is 0.491 e. The average Bonchev–Trinajstić information content (AvgIpc) is 2.26. The van der Waals surface area contributed by atoms with Crippen molar-refractivity contribution >= 4 is 0 Å². The second-order valence-electron chi connectivity index (χ2n) is 3.93. The van der Waals surface area contributed by atoms with E-state index in [0.29, 0.717) is 6.61 Å². The zero-order valence-corrected chi connectivity index (χ0v) is 8.94. The second-order valence-corrected chi connectivity index (χ2v) is 3.93. The van der Waals surface area contributed by atoms with E-state index in [4.69, 9.17) is 4.74 Å². The number of rotatable bonds is 3. The van der Waals surface area contributed by atoms with E-state index < -0.39 is 6.10 Å². The maximum atomic E-state index is 9.18. The summed E-state index contributed by atoms with van der Waals surface area (Å²) in [5, 5.41) is 9.18. The molecule has 0 heterocycles. The highest BCUT2D eigenvalue weighted by Gasteiger charge is 2.10. The first-order chi connectivity index (χ1) is 7.27. The van der Waals surface area contributed by atoms with Crippen LogP contribution in [0.3, 0.4) is 0 Å². The van der Waals surface area contributed by atoms with Gasteiger partial charge in [0.1, 0.15) is 12.4 Å². The number of hydrogen-bond acceptors (Lipinski definition) is 2. The third-order valence-corrected chi connectivity index (χ3v) is 2.54. The van der Waals surface area contributed by atoms with Crippen LogP contribution in [-0.2, 0) is 12.8 Å². The lowest BCUT2D eigenvalue weighted by Gasteiger charge is -2.17. The van der Waals surface area contributed by atoms with Crippen molar-refractivity contribution in [3.63, 3.8) is 0 Å². The van der Waals surface area contributed by atoms with Crippen LogP contribution in [-0.4, -0.2) is 17.8 Å². The average molecular weight is 204 g/mol. The number of ether oxygens (including phenoxy) is 1. The van der Waals surface area contributed by atoms with Crippen molar-refractivity contribution in [2.45, 2.75) is 25.9 Å². The lowest BCUT2D eigenvalue weighted by atomic mass is 9.96. The highest BCUT2D eigenvalue weighted by Crippen LogP contribution is 2.26. The molecule has 0 aliphatic heterocycles. The van der Waals surface area contributed by atoms with E-state index in [-0.39, 0.29) is 0 Å². The third-order valence-electron chi connectivity index (χ3n) is 2.54. The van der Waals surface area contributed by atoms with Gasteiger partial charge in [-0.3, -0.25) is 0 Å². The van der Waals surface area contributed by atoms with Crippen LogP contribution in [0.25, 0.3) is 0 Å². The summed E-state index contributed by atoms with van der Waals surface area (Å²) in [7, 11) is 0. The molecule has 2 rings (SSSR count). The van der Waals surface area contributed by atoms with Gasteiger partial charge in [0.05, 0.1) is 6.10 Å². The fourth-order valence-electron chi connectivity index (χ4n) is 1.79. The lowest BCUT2D eigenvalue weighted by molar-refractivity contribution is 0.122. The van der Waals surface area contributed by atoms with Crippen LogP contribution in [0.1, 0.15) is 18.1 Å². The van der Waals surface area contributed by atoms with Crippen LogP contribution >= 0.6 is 0 Å².